The van der Waals surface area contributed by atoms with Crippen LogP contribution in [0.2, 0.25) is 0 Å². The third kappa shape index (κ3) is 4.09. The summed E-state index contributed by atoms with van der Waals surface area (Å²) in [5.41, 5.74) is -0.318. The zero-order chi connectivity index (χ0) is 19.8. The molecule has 27 heavy (non-hydrogen) atoms. The van der Waals surface area contributed by atoms with Gasteiger partial charge in [0.2, 0.25) is 15.2 Å². The summed E-state index contributed by atoms with van der Waals surface area (Å²) >= 11 is 1.52. The van der Waals surface area contributed by atoms with Gasteiger partial charge in [-0.2, -0.15) is 4.31 Å². The standard InChI is InChI=1S/C16H21N5O4S2/c1-16(2,3)14-17-18-15(26-14)19-7-9-20(10-8-19)27(24,25)13-6-4-5-12(11-13)21(22)23/h4-6,11H,7-10H2,1-3H3. The second-order valence-electron chi connectivity index (χ2n) is 7.29. The zero-order valence-corrected chi connectivity index (χ0v) is 17.0. The first kappa shape index (κ1) is 19.6. The van der Waals surface area contributed by atoms with Crippen molar-refractivity contribution in [2.75, 3.05) is 31.1 Å². The lowest BCUT2D eigenvalue weighted by atomic mass is 9.98. The average Bonchev–Trinajstić information content (AvgIpc) is 3.12. The number of nitro groups is 1. The molecule has 9 nitrogen and oxygen atoms in total. The Morgan fingerprint density at radius 1 is 1.15 bits per heavy atom. The van der Waals surface area contributed by atoms with Crippen LogP contribution in [-0.4, -0.2) is 54.0 Å². The Bertz CT molecular complexity index is 944. The van der Waals surface area contributed by atoms with Crippen molar-refractivity contribution in [3.63, 3.8) is 0 Å². The van der Waals surface area contributed by atoms with E-state index in [1.807, 2.05) is 4.90 Å². The Morgan fingerprint density at radius 2 is 1.81 bits per heavy atom. The molecule has 0 aliphatic carbocycles. The van der Waals surface area contributed by atoms with Crippen molar-refractivity contribution in [2.45, 2.75) is 31.1 Å². The highest BCUT2D eigenvalue weighted by molar-refractivity contribution is 7.89. The van der Waals surface area contributed by atoms with Gasteiger partial charge in [0, 0.05) is 43.7 Å². The second-order valence-corrected chi connectivity index (χ2v) is 10.2. The first-order chi connectivity index (χ1) is 12.6. The molecule has 1 aliphatic rings. The van der Waals surface area contributed by atoms with Crippen molar-refractivity contribution >= 4 is 32.2 Å². The van der Waals surface area contributed by atoms with Gasteiger partial charge in [-0.3, -0.25) is 10.1 Å². The number of hydrogen-bond acceptors (Lipinski definition) is 8. The quantitative estimate of drug-likeness (QED) is 0.560. The number of aromatic nitrogens is 2. The van der Waals surface area contributed by atoms with E-state index in [9.17, 15) is 18.5 Å². The molecule has 0 unspecified atom stereocenters. The fourth-order valence-electron chi connectivity index (χ4n) is 2.67. The third-order valence-electron chi connectivity index (χ3n) is 4.23. The molecule has 0 radical (unpaired) electrons. The molecule has 0 spiro atoms. The summed E-state index contributed by atoms with van der Waals surface area (Å²) in [6.07, 6.45) is 0. The van der Waals surface area contributed by atoms with Crippen molar-refractivity contribution < 1.29 is 13.3 Å². The van der Waals surface area contributed by atoms with E-state index in [-0.39, 0.29) is 29.1 Å². The molecule has 2 heterocycles. The van der Waals surface area contributed by atoms with Crippen LogP contribution in [-0.2, 0) is 15.4 Å². The summed E-state index contributed by atoms with van der Waals surface area (Å²) in [5.74, 6) is 0. The Hall–Kier alpha value is -2.11. The lowest BCUT2D eigenvalue weighted by molar-refractivity contribution is -0.385. The fourth-order valence-corrected chi connectivity index (χ4v) is 5.09. The van der Waals surface area contributed by atoms with Gasteiger partial charge < -0.3 is 4.90 Å². The number of sulfonamides is 1. The SMILES string of the molecule is CC(C)(C)c1nnc(N2CCN(S(=O)(=O)c3cccc([N+](=O)[O-])c3)CC2)s1. The van der Waals surface area contributed by atoms with Crippen LogP contribution in [0.5, 0.6) is 0 Å². The highest BCUT2D eigenvalue weighted by Crippen LogP contribution is 2.31. The Kier molecular flexibility index (Phi) is 5.19. The number of anilines is 1. The Labute approximate surface area is 161 Å². The van der Waals surface area contributed by atoms with Gasteiger partial charge in [0.05, 0.1) is 9.82 Å². The van der Waals surface area contributed by atoms with E-state index in [1.54, 1.807) is 0 Å². The van der Waals surface area contributed by atoms with Crippen LogP contribution in [0.25, 0.3) is 0 Å². The number of nitrogens with zero attached hydrogens (tertiary/aromatic N) is 5. The number of piperazine rings is 1. The number of hydrogen-bond donors (Lipinski definition) is 0. The van der Waals surface area contributed by atoms with Gasteiger partial charge in [0.25, 0.3) is 5.69 Å². The highest BCUT2D eigenvalue weighted by atomic mass is 32.2. The van der Waals surface area contributed by atoms with Gasteiger partial charge in [-0.05, 0) is 6.07 Å². The maximum Gasteiger partial charge on any atom is 0.270 e. The molecule has 3 rings (SSSR count). The number of benzene rings is 1. The molecule has 0 amide bonds. The van der Waals surface area contributed by atoms with Gasteiger partial charge in [-0.15, -0.1) is 10.2 Å². The van der Waals surface area contributed by atoms with E-state index in [2.05, 4.69) is 31.0 Å². The molecule has 0 N–H and O–H groups in total. The molecule has 2 aromatic rings. The van der Waals surface area contributed by atoms with E-state index in [0.717, 1.165) is 16.2 Å². The van der Waals surface area contributed by atoms with E-state index in [1.165, 1.54) is 33.8 Å². The molecule has 1 aliphatic heterocycles. The van der Waals surface area contributed by atoms with Gasteiger partial charge in [0.1, 0.15) is 5.01 Å². The normalized spacial score (nSPS) is 16.5. The van der Waals surface area contributed by atoms with Gasteiger partial charge >= 0.3 is 0 Å². The van der Waals surface area contributed by atoms with E-state index < -0.39 is 14.9 Å². The molecule has 1 fully saturated rings. The highest BCUT2D eigenvalue weighted by Gasteiger charge is 2.31. The Balaban J connectivity index is 1.72. The predicted octanol–water partition coefficient (Wildman–Crippen LogP) is 2.25. The predicted molar refractivity (Wildman–Crippen MR) is 103 cm³/mol. The van der Waals surface area contributed by atoms with Gasteiger partial charge in [0.15, 0.2) is 0 Å². The van der Waals surface area contributed by atoms with Crippen LogP contribution in [0.15, 0.2) is 29.2 Å². The maximum absolute atomic E-state index is 12.8. The van der Waals surface area contributed by atoms with Crippen molar-refractivity contribution in [2.24, 2.45) is 0 Å². The van der Waals surface area contributed by atoms with Crippen LogP contribution in [0.4, 0.5) is 10.8 Å². The summed E-state index contributed by atoms with van der Waals surface area (Å²) in [6, 6.07) is 5.15. The average molecular weight is 412 g/mol. The summed E-state index contributed by atoms with van der Waals surface area (Å²) in [6.45, 7) is 7.77. The largest absolute Gasteiger partial charge is 0.344 e. The maximum atomic E-state index is 12.8. The van der Waals surface area contributed by atoms with Crippen LogP contribution in [0.3, 0.4) is 0 Å². The molecular formula is C16H21N5O4S2. The van der Waals surface area contributed by atoms with Crippen molar-refractivity contribution in [1.29, 1.82) is 0 Å². The summed E-state index contributed by atoms with van der Waals surface area (Å²) < 4.78 is 27.0. The van der Waals surface area contributed by atoms with Crippen molar-refractivity contribution in [3.05, 3.63) is 39.4 Å². The Morgan fingerprint density at radius 3 is 2.37 bits per heavy atom. The van der Waals surface area contributed by atoms with E-state index in [0.29, 0.717) is 13.1 Å². The minimum Gasteiger partial charge on any atom is -0.344 e. The van der Waals surface area contributed by atoms with Gasteiger partial charge in [-0.25, -0.2) is 8.42 Å². The van der Waals surface area contributed by atoms with Crippen LogP contribution in [0.1, 0.15) is 25.8 Å². The smallest absolute Gasteiger partial charge is 0.270 e. The molecule has 0 atom stereocenters. The van der Waals surface area contributed by atoms with E-state index in [4.69, 9.17) is 0 Å². The monoisotopic (exact) mass is 411 g/mol. The van der Waals surface area contributed by atoms with Crippen LogP contribution >= 0.6 is 11.3 Å². The third-order valence-corrected chi connectivity index (χ3v) is 7.54. The molecule has 11 heteroatoms. The minimum atomic E-state index is -3.77. The van der Waals surface area contributed by atoms with Crippen LogP contribution < -0.4 is 4.90 Å². The first-order valence-corrected chi connectivity index (χ1v) is 10.7. The summed E-state index contributed by atoms with van der Waals surface area (Å²) in [7, 11) is -3.77. The zero-order valence-electron chi connectivity index (χ0n) is 15.3. The fraction of sp³-hybridized carbons (Fsp3) is 0.500. The van der Waals surface area contributed by atoms with Crippen molar-refractivity contribution in [3.8, 4) is 0 Å². The number of rotatable bonds is 4. The minimum absolute atomic E-state index is 0.0592. The van der Waals surface area contributed by atoms with Gasteiger partial charge in [-0.1, -0.05) is 38.2 Å². The molecule has 1 saturated heterocycles. The second kappa shape index (κ2) is 7.13. The molecule has 0 bridgehead atoms. The molecule has 1 aromatic carbocycles. The number of non-ortho nitro benzene ring substituents is 1. The van der Waals surface area contributed by atoms with Crippen molar-refractivity contribution in [1.82, 2.24) is 14.5 Å². The molecular weight excluding hydrogens is 390 g/mol. The number of nitro benzene ring substituents is 1. The summed E-state index contributed by atoms with van der Waals surface area (Å²) in [5, 5.41) is 21.1. The topological polar surface area (TPSA) is 110 Å². The summed E-state index contributed by atoms with van der Waals surface area (Å²) in [4.78, 5) is 12.3. The lowest BCUT2D eigenvalue weighted by Gasteiger charge is -2.33. The molecule has 1 aromatic heterocycles. The van der Waals surface area contributed by atoms with Crippen LogP contribution in [0, 0.1) is 10.1 Å². The lowest BCUT2D eigenvalue weighted by Crippen LogP contribution is -2.48. The first-order valence-electron chi connectivity index (χ1n) is 8.42. The molecule has 0 saturated carbocycles. The van der Waals surface area contributed by atoms with E-state index >= 15 is 0 Å². The molecule has 146 valence electrons.